The monoisotopic (exact) mass is 375 g/mol. The molecule has 0 saturated heterocycles. The van der Waals surface area contributed by atoms with E-state index in [9.17, 15) is 14.0 Å². The molecule has 1 aromatic heterocycles. The summed E-state index contributed by atoms with van der Waals surface area (Å²) in [7, 11) is 0. The summed E-state index contributed by atoms with van der Waals surface area (Å²) in [5.41, 5.74) is 0.886. The molecule has 3 rings (SSSR count). The van der Waals surface area contributed by atoms with Crippen LogP contribution in [0, 0.1) is 5.82 Å². The lowest BCUT2D eigenvalue weighted by molar-refractivity contribution is -0.119. The van der Waals surface area contributed by atoms with E-state index < -0.39 is 24.3 Å². The smallest absolute Gasteiger partial charge is 0.340 e. The lowest BCUT2D eigenvalue weighted by atomic mass is 10.2. The zero-order valence-electron chi connectivity index (χ0n) is 13.1. The first kappa shape index (κ1) is 17.5. The summed E-state index contributed by atoms with van der Waals surface area (Å²) in [5.74, 6) is -1.92. The van der Waals surface area contributed by atoms with Gasteiger partial charge in [-0.25, -0.2) is 9.18 Å². The lowest BCUT2D eigenvalue weighted by Gasteiger charge is -2.09. The first-order valence-corrected chi connectivity index (χ1v) is 7.67. The lowest BCUT2D eigenvalue weighted by Crippen LogP contribution is -2.21. The molecular weight excluding hydrogens is 365 g/mol. The van der Waals surface area contributed by atoms with E-state index in [4.69, 9.17) is 16.3 Å². The quantitative estimate of drug-likeness (QED) is 0.687. The highest BCUT2D eigenvalue weighted by Gasteiger charge is 2.16. The van der Waals surface area contributed by atoms with Crippen LogP contribution in [0.15, 0.2) is 48.8 Å². The number of para-hydroxylation sites is 1. The van der Waals surface area contributed by atoms with Crippen molar-refractivity contribution in [2.24, 2.45) is 0 Å². The number of halogens is 2. The third kappa shape index (κ3) is 4.01. The molecular formula is C16H11ClFN5O3. The maximum absolute atomic E-state index is 13.1. The fourth-order valence-electron chi connectivity index (χ4n) is 2.10. The minimum absolute atomic E-state index is 0.129. The van der Waals surface area contributed by atoms with Gasteiger partial charge in [-0.1, -0.05) is 23.7 Å². The molecule has 3 aromatic rings. The van der Waals surface area contributed by atoms with Crippen molar-refractivity contribution in [2.45, 2.75) is 0 Å². The Bertz CT molecular complexity index is 949. The zero-order valence-corrected chi connectivity index (χ0v) is 13.9. The van der Waals surface area contributed by atoms with Crippen LogP contribution >= 0.6 is 11.6 Å². The van der Waals surface area contributed by atoms with Gasteiger partial charge in [-0.3, -0.25) is 4.79 Å². The van der Waals surface area contributed by atoms with Gasteiger partial charge in [0.1, 0.15) is 12.1 Å². The van der Waals surface area contributed by atoms with Crippen LogP contribution in [0.1, 0.15) is 10.4 Å². The molecule has 26 heavy (non-hydrogen) atoms. The third-order valence-electron chi connectivity index (χ3n) is 3.26. The number of tetrazole rings is 1. The summed E-state index contributed by atoms with van der Waals surface area (Å²) in [6.07, 6.45) is 1.33. The van der Waals surface area contributed by atoms with Crippen LogP contribution < -0.4 is 5.32 Å². The van der Waals surface area contributed by atoms with Crippen LogP contribution in [0.2, 0.25) is 5.02 Å². The van der Waals surface area contributed by atoms with Crippen molar-refractivity contribution in [3.05, 3.63) is 65.2 Å². The molecule has 0 unspecified atom stereocenters. The van der Waals surface area contributed by atoms with Crippen LogP contribution in [0.3, 0.4) is 0 Å². The summed E-state index contributed by atoms with van der Waals surface area (Å²) < 4.78 is 19.4. The predicted molar refractivity (Wildman–Crippen MR) is 89.5 cm³/mol. The first-order valence-electron chi connectivity index (χ1n) is 7.29. The molecule has 0 fully saturated rings. The normalized spacial score (nSPS) is 10.4. The van der Waals surface area contributed by atoms with Gasteiger partial charge >= 0.3 is 5.97 Å². The Morgan fingerprint density at radius 1 is 1.23 bits per heavy atom. The number of carbonyl (C=O) groups excluding carboxylic acids is 2. The van der Waals surface area contributed by atoms with Gasteiger partial charge in [0.05, 0.1) is 16.3 Å². The second-order valence-corrected chi connectivity index (χ2v) is 5.43. The largest absolute Gasteiger partial charge is 0.452 e. The van der Waals surface area contributed by atoms with Crippen molar-refractivity contribution in [1.29, 1.82) is 0 Å². The van der Waals surface area contributed by atoms with E-state index in [0.717, 1.165) is 6.07 Å². The average Bonchev–Trinajstić information content (AvgIpc) is 3.17. The van der Waals surface area contributed by atoms with Gasteiger partial charge in [-0.2, -0.15) is 4.68 Å². The molecule has 0 atom stereocenters. The maximum Gasteiger partial charge on any atom is 0.340 e. The van der Waals surface area contributed by atoms with Crippen LogP contribution in [0.5, 0.6) is 0 Å². The molecule has 132 valence electrons. The van der Waals surface area contributed by atoms with Crippen LogP contribution in [-0.2, 0) is 9.53 Å². The maximum atomic E-state index is 13.1. The number of carbonyl (C=O) groups is 2. The SMILES string of the molecule is O=C(COC(=O)c1ccccc1-n1cnnn1)Nc1ccc(F)c(Cl)c1. The summed E-state index contributed by atoms with van der Waals surface area (Å²) in [6.45, 7) is -0.530. The topological polar surface area (TPSA) is 99.0 Å². The molecule has 1 N–H and O–H groups in total. The van der Waals surface area contributed by atoms with Crippen molar-refractivity contribution < 1.29 is 18.7 Å². The number of nitrogens with one attached hydrogen (secondary N) is 1. The Kier molecular flexibility index (Phi) is 5.18. The Morgan fingerprint density at radius 2 is 2.04 bits per heavy atom. The Hall–Kier alpha value is -3.33. The van der Waals surface area contributed by atoms with E-state index in [0.29, 0.717) is 5.69 Å². The Labute approximate surface area is 151 Å². The summed E-state index contributed by atoms with van der Waals surface area (Å²) in [5, 5.41) is 13.1. The number of hydrogen-bond acceptors (Lipinski definition) is 6. The predicted octanol–water partition coefficient (Wildman–Crippen LogP) is 2.25. The van der Waals surface area contributed by atoms with Gasteiger partial charge in [0.15, 0.2) is 6.61 Å². The zero-order chi connectivity index (χ0) is 18.5. The van der Waals surface area contributed by atoms with Crippen LogP contribution in [0.4, 0.5) is 10.1 Å². The van der Waals surface area contributed by atoms with E-state index >= 15 is 0 Å². The molecule has 1 heterocycles. The van der Waals surface area contributed by atoms with Gasteiger partial charge in [-0.15, -0.1) is 5.10 Å². The van der Waals surface area contributed by atoms with E-state index in [1.165, 1.54) is 29.2 Å². The number of amides is 1. The molecule has 0 aliphatic rings. The second kappa shape index (κ2) is 7.70. The van der Waals surface area contributed by atoms with E-state index in [1.54, 1.807) is 18.2 Å². The molecule has 2 aromatic carbocycles. The van der Waals surface area contributed by atoms with Crippen LogP contribution in [0.25, 0.3) is 5.69 Å². The number of esters is 1. The summed E-state index contributed by atoms with van der Waals surface area (Å²) in [6, 6.07) is 10.2. The van der Waals surface area contributed by atoms with Crippen LogP contribution in [-0.4, -0.2) is 38.7 Å². The molecule has 10 heteroatoms. The number of benzene rings is 2. The highest BCUT2D eigenvalue weighted by molar-refractivity contribution is 6.31. The standard InChI is InChI=1S/C16H11ClFN5O3/c17-12-7-10(5-6-13(12)18)20-15(24)8-26-16(25)11-3-1-2-4-14(11)23-9-19-21-22-23/h1-7,9H,8H2,(H,20,24). The summed E-state index contributed by atoms with van der Waals surface area (Å²) >= 11 is 5.64. The molecule has 1 amide bonds. The number of aromatic nitrogens is 4. The number of nitrogens with zero attached hydrogens (tertiary/aromatic N) is 4. The number of rotatable bonds is 5. The third-order valence-corrected chi connectivity index (χ3v) is 3.55. The molecule has 0 bridgehead atoms. The highest BCUT2D eigenvalue weighted by atomic mass is 35.5. The first-order chi connectivity index (χ1) is 12.5. The average molecular weight is 376 g/mol. The van der Waals surface area contributed by atoms with E-state index in [1.807, 2.05) is 0 Å². The van der Waals surface area contributed by atoms with Gasteiger partial charge in [-0.05, 0) is 40.8 Å². The summed E-state index contributed by atoms with van der Waals surface area (Å²) in [4.78, 5) is 24.2. The van der Waals surface area contributed by atoms with Crippen molar-refractivity contribution in [2.75, 3.05) is 11.9 Å². The molecule has 0 saturated carbocycles. The van der Waals surface area contributed by atoms with Crippen molar-refractivity contribution in [3.8, 4) is 5.69 Å². The minimum Gasteiger partial charge on any atom is -0.452 e. The fourth-order valence-corrected chi connectivity index (χ4v) is 2.28. The van der Waals surface area contributed by atoms with E-state index in [-0.39, 0.29) is 16.3 Å². The Balaban J connectivity index is 1.64. The highest BCUT2D eigenvalue weighted by Crippen LogP contribution is 2.19. The Morgan fingerprint density at radius 3 is 2.77 bits per heavy atom. The minimum atomic E-state index is -0.719. The molecule has 8 nitrogen and oxygen atoms in total. The van der Waals surface area contributed by atoms with E-state index in [2.05, 4.69) is 20.8 Å². The molecule has 0 aliphatic heterocycles. The van der Waals surface area contributed by atoms with Crippen molar-refractivity contribution in [1.82, 2.24) is 20.2 Å². The number of anilines is 1. The van der Waals surface area contributed by atoms with Gasteiger partial charge in [0.25, 0.3) is 5.91 Å². The molecule has 0 aliphatic carbocycles. The van der Waals surface area contributed by atoms with Gasteiger partial charge < -0.3 is 10.1 Å². The van der Waals surface area contributed by atoms with Crippen molar-refractivity contribution >= 4 is 29.2 Å². The van der Waals surface area contributed by atoms with Gasteiger partial charge in [0, 0.05) is 5.69 Å². The molecule has 0 spiro atoms. The fraction of sp³-hybridized carbons (Fsp3) is 0.0625. The molecule has 0 radical (unpaired) electrons. The van der Waals surface area contributed by atoms with Gasteiger partial charge in [0.2, 0.25) is 0 Å². The number of ether oxygens (including phenoxy) is 1. The second-order valence-electron chi connectivity index (χ2n) is 5.02. The number of hydrogen-bond donors (Lipinski definition) is 1. The van der Waals surface area contributed by atoms with Crippen molar-refractivity contribution in [3.63, 3.8) is 0 Å².